The van der Waals surface area contributed by atoms with Crippen molar-refractivity contribution < 1.29 is 19.1 Å². The largest absolute Gasteiger partial charge is 0.481 e. The Labute approximate surface area is 190 Å². The number of hydrogen-bond donors (Lipinski definition) is 2. The first-order valence-electron chi connectivity index (χ1n) is 10.3. The summed E-state index contributed by atoms with van der Waals surface area (Å²) in [6.07, 6.45) is 3.12. The smallest absolute Gasteiger partial charge is 0.338 e. The molecule has 33 heavy (non-hydrogen) atoms. The van der Waals surface area contributed by atoms with E-state index < -0.39 is 11.9 Å². The summed E-state index contributed by atoms with van der Waals surface area (Å²) in [6.45, 7) is 2.03. The highest BCUT2D eigenvalue weighted by Gasteiger charge is 2.15. The molecule has 8 heteroatoms. The predicted molar refractivity (Wildman–Crippen MR) is 126 cm³/mol. The molecule has 0 spiro atoms. The van der Waals surface area contributed by atoms with Crippen LogP contribution in [0.15, 0.2) is 67.0 Å². The predicted octanol–water partition coefficient (Wildman–Crippen LogP) is 4.32. The number of benzene rings is 2. The molecular formula is C25H22N4O4. The van der Waals surface area contributed by atoms with Gasteiger partial charge in [-0.15, -0.1) is 0 Å². The van der Waals surface area contributed by atoms with Crippen molar-refractivity contribution in [3.63, 3.8) is 0 Å². The van der Waals surface area contributed by atoms with Crippen LogP contribution >= 0.6 is 0 Å². The molecule has 0 saturated heterocycles. The van der Waals surface area contributed by atoms with Gasteiger partial charge in [0, 0.05) is 29.5 Å². The van der Waals surface area contributed by atoms with Gasteiger partial charge >= 0.3 is 5.97 Å². The number of esters is 1. The maximum Gasteiger partial charge on any atom is 0.338 e. The van der Waals surface area contributed by atoms with Gasteiger partial charge in [-0.1, -0.05) is 18.2 Å². The van der Waals surface area contributed by atoms with E-state index in [1.165, 1.54) is 6.20 Å². The second-order valence-corrected chi connectivity index (χ2v) is 7.16. The lowest BCUT2D eigenvalue weighted by molar-refractivity contribution is 0.0526. The molecule has 0 unspecified atom stereocenters. The van der Waals surface area contributed by atoms with E-state index >= 15 is 0 Å². The minimum atomic E-state index is -0.614. The maximum absolute atomic E-state index is 12.1. The van der Waals surface area contributed by atoms with Gasteiger partial charge in [-0.2, -0.15) is 0 Å². The molecule has 0 aliphatic heterocycles. The van der Waals surface area contributed by atoms with Gasteiger partial charge in [0.15, 0.2) is 0 Å². The highest BCUT2D eigenvalue weighted by atomic mass is 16.5. The molecule has 0 aliphatic carbocycles. The van der Waals surface area contributed by atoms with Crippen LogP contribution in [0.5, 0.6) is 5.88 Å². The summed E-state index contributed by atoms with van der Waals surface area (Å²) in [6, 6.07) is 16.3. The van der Waals surface area contributed by atoms with E-state index in [0.717, 1.165) is 11.1 Å². The van der Waals surface area contributed by atoms with Crippen LogP contribution in [0.2, 0.25) is 0 Å². The maximum atomic E-state index is 12.1. The SMILES string of the molecule is CCOC(=O)c1cccc(Nc2c(C(N)=O)cnc3cc(-c4ccnc(OC)c4)ccc23)c1. The zero-order chi connectivity index (χ0) is 23.4. The first kappa shape index (κ1) is 21.8. The van der Waals surface area contributed by atoms with E-state index in [1.807, 2.05) is 30.3 Å². The van der Waals surface area contributed by atoms with Gasteiger partial charge in [0.05, 0.1) is 36.0 Å². The molecule has 4 rings (SSSR count). The molecule has 0 fully saturated rings. The molecule has 2 aromatic carbocycles. The van der Waals surface area contributed by atoms with Crippen LogP contribution < -0.4 is 15.8 Å². The second-order valence-electron chi connectivity index (χ2n) is 7.16. The van der Waals surface area contributed by atoms with Crippen molar-refractivity contribution in [1.82, 2.24) is 9.97 Å². The number of hydrogen-bond acceptors (Lipinski definition) is 7. The molecule has 1 amide bonds. The Balaban J connectivity index is 1.78. The van der Waals surface area contributed by atoms with Gasteiger partial charge in [-0.3, -0.25) is 9.78 Å². The highest BCUT2D eigenvalue weighted by molar-refractivity contribution is 6.08. The number of primary amides is 1. The number of fused-ring (bicyclic) bond motifs is 1. The normalized spacial score (nSPS) is 10.6. The van der Waals surface area contributed by atoms with E-state index in [4.69, 9.17) is 15.2 Å². The molecule has 3 N–H and O–H groups in total. The Bertz CT molecular complexity index is 1350. The summed E-state index contributed by atoms with van der Waals surface area (Å²) in [5.74, 6) is -0.529. The number of pyridine rings is 2. The number of nitrogens with zero attached hydrogens (tertiary/aromatic N) is 2. The van der Waals surface area contributed by atoms with Crippen LogP contribution in [-0.4, -0.2) is 35.6 Å². The minimum absolute atomic E-state index is 0.238. The summed E-state index contributed by atoms with van der Waals surface area (Å²) >= 11 is 0. The number of carbonyl (C=O) groups is 2. The lowest BCUT2D eigenvalue weighted by atomic mass is 10.0. The topological polar surface area (TPSA) is 116 Å². The Morgan fingerprint density at radius 2 is 1.85 bits per heavy atom. The van der Waals surface area contributed by atoms with Crippen molar-refractivity contribution in [2.24, 2.45) is 5.73 Å². The van der Waals surface area contributed by atoms with Gasteiger partial charge in [-0.25, -0.2) is 9.78 Å². The number of methoxy groups -OCH3 is 1. The summed E-state index contributed by atoms with van der Waals surface area (Å²) in [5.41, 5.74) is 9.87. The first-order valence-corrected chi connectivity index (χ1v) is 10.3. The number of nitrogens with one attached hydrogen (secondary N) is 1. The average molecular weight is 442 g/mol. The number of aromatic nitrogens is 2. The van der Waals surface area contributed by atoms with E-state index in [2.05, 4.69) is 15.3 Å². The zero-order valence-corrected chi connectivity index (χ0v) is 18.2. The number of carbonyl (C=O) groups excluding carboxylic acids is 2. The molecule has 2 heterocycles. The number of rotatable bonds is 7. The molecule has 8 nitrogen and oxygen atoms in total. The summed E-state index contributed by atoms with van der Waals surface area (Å²) in [4.78, 5) is 32.8. The lowest BCUT2D eigenvalue weighted by Gasteiger charge is -2.15. The van der Waals surface area contributed by atoms with Gasteiger partial charge in [0.1, 0.15) is 0 Å². The van der Waals surface area contributed by atoms with Crippen LogP contribution in [0.4, 0.5) is 11.4 Å². The third-order valence-corrected chi connectivity index (χ3v) is 5.05. The van der Waals surface area contributed by atoms with Crippen molar-refractivity contribution in [1.29, 1.82) is 0 Å². The Morgan fingerprint density at radius 1 is 1.03 bits per heavy atom. The molecule has 4 aromatic rings. The third kappa shape index (κ3) is 4.59. The Hall–Kier alpha value is -4.46. The molecule has 2 aromatic heterocycles. The summed E-state index contributed by atoms with van der Waals surface area (Å²) in [5, 5.41) is 3.94. The Kier molecular flexibility index (Phi) is 6.17. The van der Waals surface area contributed by atoms with Crippen LogP contribution in [0.3, 0.4) is 0 Å². The molecule has 0 saturated carbocycles. The van der Waals surface area contributed by atoms with Crippen molar-refractivity contribution in [3.8, 4) is 17.0 Å². The van der Waals surface area contributed by atoms with E-state index in [9.17, 15) is 9.59 Å². The number of ether oxygens (including phenoxy) is 2. The van der Waals surface area contributed by atoms with Crippen LogP contribution in [0, 0.1) is 0 Å². The van der Waals surface area contributed by atoms with Crippen molar-refractivity contribution >= 4 is 34.2 Å². The van der Waals surface area contributed by atoms with Crippen LogP contribution in [-0.2, 0) is 4.74 Å². The first-order chi connectivity index (χ1) is 16.0. The zero-order valence-electron chi connectivity index (χ0n) is 18.2. The van der Waals surface area contributed by atoms with Crippen molar-refractivity contribution in [3.05, 3.63) is 78.1 Å². The molecule has 0 atom stereocenters. The molecule has 0 aliphatic rings. The summed E-state index contributed by atoms with van der Waals surface area (Å²) in [7, 11) is 1.56. The molecular weight excluding hydrogens is 420 g/mol. The van der Waals surface area contributed by atoms with E-state index in [0.29, 0.717) is 33.7 Å². The monoisotopic (exact) mass is 442 g/mol. The fourth-order valence-corrected chi connectivity index (χ4v) is 3.48. The fourth-order valence-electron chi connectivity index (χ4n) is 3.48. The number of anilines is 2. The number of nitrogens with two attached hydrogens (primary N) is 1. The van der Waals surface area contributed by atoms with Gasteiger partial charge < -0.3 is 20.5 Å². The Morgan fingerprint density at radius 3 is 2.61 bits per heavy atom. The van der Waals surface area contributed by atoms with Crippen molar-refractivity contribution in [2.45, 2.75) is 6.92 Å². The van der Waals surface area contributed by atoms with Gasteiger partial charge in [-0.05, 0) is 48.4 Å². The third-order valence-electron chi connectivity index (χ3n) is 5.05. The minimum Gasteiger partial charge on any atom is -0.481 e. The molecule has 166 valence electrons. The fraction of sp³-hybridized carbons (Fsp3) is 0.120. The van der Waals surface area contributed by atoms with Crippen LogP contribution in [0.25, 0.3) is 22.0 Å². The van der Waals surface area contributed by atoms with E-state index in [1.54, 1.807) is 44.5 Å². The molecule has 0 bridgehead atoms. The average Bonchev–Trinajstić information content (AvgIpc) is 2.84. The van der Waals surface area contributed by atoms with Crippen molar-refractivity contribution in [2.75, 3.05) is 19.0 Å². The van der Waals surface area contributed by atoms with Gasteiger partial charge in [0.25, 0.3) is 5.91 Å². The van der Waals surface area contributed by atoms with Crippen LogP contribution in [0.1, 0.15) is 27.6 Å². The number of amides is 1. The molecule has 0 radical (unpaired) electrons. The van der Waals surface area contributed by atoms with Gasteiger partial charge in [0.2, 0.25) is 5.88 Å². The standard InChI is InChI=1S/C25H22N4O4/c1-3-33-25(31)17-5-4-6-18(11-17)29-23-19-8-7-15(16-9-10-27-22(13-16)32-2)12-21(19)28-14-20(23)24(26)30/h4-14H,3H2,1-2H3,(H2,26,30)(H,28,29). The van der Waals surface area contributed by atoms with E-state index in [-0.39, 0.29) is 12.2 Å². The summed E-state index contributed by atoms with van der Waals surface area (Å²) < 4.78 is 10.3. The lowest BCUT2D eigenvalue weighted by Crippen LogP contribution is -2.14. The highest BCUT2D eigenvalue weighted by Crippen LogP contribution is 2.32. The second kappa shape index (κ2) is 9.35. The quantitative estimate of drug-likeness (QED) is 0.409.